The van der Waals surface area contributed by atoms with E-state index in [2.05, 4.69) is 29.4 Å². The standard InChI is InChI=1S/C13H27N3O/c1-10-6-5-7-14-12(10)8-13(17)15-11(2)9-16(3)4/h10-12,14H,5-9H2,1-4H3,(H,15,17). The molecule has 0 radical (unpaired) electrons. The van der Waals surface area contributed by atoms with Gasteiger partial charge in [-0.25, -0.2) is 0 Å². The van der Waals surface area contributed by atoms with Crippen molar-refractivity contribution in [3.05, 3.63) is 0 Å². The van der Waals surface area contributed by atoms with E-state index in [-0.39, 0.29) is 11.9 Å². The van der Waals surface area contributed by atoms with Crippen molar-refractivity contribution >= 4 is 5.91 Å². The number of amides is 1. The van der Waals surface area contributed by atoms with Gasteiger partial charge in [-0.3, -0.25) is 4.79 Å². The number of nitrogens with one attached hydrogen (secondary N) is 2. The van der Waals surface area contributed by atoms with Gasteiger partial charge >= 0.3 is 0 Å². The Kier molecular flexibility index (Phi) is 5.92. The molecule has 4 nitrogen and oxygen atoms in total. The predicted octanol–water partition coefficient (Wildman–Crippen LogP) is 0.831. The van der Waals surface area contributed by atoms with Crippen molar-refractivity contribution < 1.29 is 4.79 Å². The van der Waals surface area contributed by atoms with Gasteiger partial charge in [-0.1, -0.05) is 6.92 Å². The number of likely N-dealkylation sites (N-methyl/N-ethyl adjacent to an activating group) is 1. The molecule has 0 aromatic carbocycles. The van der Waals surface area contributed by atoms with Gasteiger partial charge in [0.25, 0.3) is 0 Å². The molecule has 0 aromatic heterocycles. The predicted molar refractivity (Wildman–Crippen MR) is 71.0 cm³/mol. The maximum Gasteiger partial charge on any atom is 0.221 e. The zero-order valence-electron chi connectivity index (χ0n) is 11.6. The highest BCUT2D eigenvalue weighted by Gasteiger charge is 2.23. The molecule has 2 N–H and O–H groups in total. The van der Waals surface area contributed by atoms with E-state index in [4.69, 9.17) is 0 Å². The molecule has 0 bridgehead atoms. The van der Waals surface area contributed by atoms with Gasteiger partial charge in [-0.2, -0.15) is 0 Å². The van der Waals surface area contributed by atoms with Gasteiger partial charge in [-0.05, 0) is 46.3 Å². The maximum atomic E-state index is 11.9. The molecule has 1 heterocycles. The van der Waals surface area contributed by atoms with Crippen LogP contribution in [0.2, 0.25) is 0 Å². The SMILES string of the molecule is CC(CN(C)C)NC(=O)CC1NCCCC1C. The quantitative estimate of drug-likeness (QED) is 0.749. The van der Waals surface area contributed by atoms with Crippen LogP contribution in [-0.4, -0.2) is 50.1 Å². The van der Waals surface area contributed by atoms with Crippen LogP contribution in [0, 0.1) is 5.92 Å². The summed E-state index contributed by atoms with van der Waals surface area (Å²) in [7, 11) is 4.04. The van der Waals surface area contributed by atoms with Crippen LogP contribution in [0.15, 0.2) is 0 Å². The molecule has 1 fully saturated rings. The number of rotatable bonds is 5. The Morgan fingerprint density at radius 3 is 2.82 bits per heavy atom. The molecule has 0 spiro atoms. The van der Waals surface area contributed by atoms with Gasteiger partial charge < -0.3 is 15.5 Å². The van der Waals surface area contributed by atoms with E-state index in [1.165, 1.54) is 12.8 Å². The second kappa shape index (κ2) is 6.97. The molecule has 0 aliphatic carbocycles. The highest BCUT2D eigenvalue weighted by molar-refractivity contribution is 5.76. The molecule has 4 heteroatoms. The van der Waals surface area contributed by atoms with Gasteiger partial charge in [0.05, 0.1) is 0 Å². The zero-order valence-corrected chi connectivity index (χ0v) is 11.6. The summed E-state index contributed by atoms with van der Waals surface area (Å²) in [6, 6.07) is 0.576. The number of nitrogens with zero attached hydrogens (tertiary/aromatic N) is 1. The van der Waals surface area contributed by atoms with Crippen molar-refractivity contribution in [2.45, 2.75) is 45.2 Å². The summed E-state index contributed by atoms with van der Waals surface area (Å²) in [5, 5.41) is 6.50. The van der Waals surface area contributed by atoms with E-state index >= 15 is 0 Å². The summed E-state index contributed by atoms with van der Waals surface area (Å²) in [4.78, 5) is 14.0. The molecule has 0 aromatic rings. The summed E-state index contributed by atoms with van der Waals surface area (Å²) in [6.45, 7) is 6.22. The van der Waals surface area contributed by atoms with E-state index in [1.807, 2.05) is 14.1 Å². The summed E-state index contributed by atoms with van der Waals surface area (Å²) < 4.78 is 0. The number of hydrogen-bond donors (Lipinski definition) is 2. The van der Waals surface area contributed by atoms with Gasteiger partial charge in [0.15, 0.2) is 0 Å². The smallest absolute Gasteiger partial charge is 0.221 e. The molecule has 3 atom stereocenters. The fourth-order valence-corrected chi connectivity index (χ4v) is 2.51. The van der Waals surface area contributed by atoms with Crippen LogP contribution >= 0.6 is 0 Å². The van der Waals surface area contributed by atoms with Crippen LogP contribution in [0.3, 0.4) is 0 Å². The van der Waals surface area contributed by atoms with Crippen molar-refractivity contribution in [3.63, 3.8) is 0 Å². The molecule has 1 rings (SSSR count). The normalized spacial score (nSPS) is 26.9. The molecule has 1 aliphatic heterocycles. The zero-order chi connectivity index (χ0) is 12.8. The Labute approximate surface area is 105 Å². The lowest BCUT2D eigenvalue weighted by Crippen LogP contribution is -2.46. The molecule has 3 unspecified atom stereocenters. The van der Waals surface area contributed by atoms with Crippen molar-refractivity contribution in [3.8, 4) is 0 Å². The monoisotopic (exact) mass is 241 g/mol. The van der Waals surface area contributed by atoms with Crippen LogP contribution in [0.4, 0.5) is 0 Å². The summed E-state index contributed by atoms with van der Waals surface area (Å²) in [5.41, 5.74) is 0. The highest BCUT2D eigenvalue weighted by atomic mass is 16.1. The molecule has 17 heavy (non-hydrogen) atoms. The first-order chi connectivity index (χ1) is 7.99. The second-order valence-electron chi connectivity index (χ2n) is 5.62. The molecule has 100 valence electrons. The van der Waals surface area contributed by atoms with Gasteiger partial charge in [0.2, 0.25) is 5.91 Å². The van der Waals surface area contributed by atoms with Gasteiger partial charge in [0, 0.05) is 25.0 Å². The third kappa shape index (κ3) is 5.50. The minimum Gasteiger partial charge on any atom is -0.352 e. The Bertz CT molecular complexity index is 243. The third-order valence-electron chi connectivity index (χ3n) is 3.38. The largest absolute Gasteiger partial charge is 0.352 e. The van der Waals surface area contributed by atoms with E-state index in [9.17, 15) is 4.79 Å². The van der Waals surface area contributed by atoms with Crippen LogP contribution in [0.25, 0.3) is 0 Å². The highest BCUT2D eigenvalue weighted by Crippen LogP contribution is 2.17. The van der Waals surface area contributed by atoms with Crippen molar-refractivity contribution in [2.24, 2.45) is 5.92 Å². The Hall–Kier alpha value is -0.610. The Morgan fingerprint density at radius 1 is 1.53 bits per heavy atom. The third-order valence-corrected chi connectivity index (χ3v) is 3.38. The van der Waals surface area contributed by atoms with Crippen molar-refractivity contribution in [1.29, 1.82) is 0 Å². The lowest BCUT2D eigenvalue weighted by molar-refractivity contribution is -0.122. The van der Waals surface area contributed by atoms with Crippen LogP contribution < -0.4 is 10.6 Å². The van der Waals surface area contributed by atoms with Crippen LogP contribution in [0.1, 0.15) is 33.1 Å². The first kappa shape index (κ1) is 14.5. The van der Waals surface area contributed by atoms with Crippen LogP contribution in [0.5, 0.6) is 0 Å². The fourth-order valence-electron chi connectivity index (χ4n) is 2.51. The number of carbonyl (C=O) groups is 1. The Morgan fingerprint density at radius 2 is 2.24 bits per heavy atom. The topological polar surface area (TPSA) is 44.4 Å². The lowest BCUT2D eigenvalue weighted by Gasteiger charge is -2.30. The molecule has 1 amide bonds. The average molecular weight is 241 g/mol. The summed E-state index contributed by atoms with van der Waals surface area (Å²) in [6.07, 6.45) is 3.08. The first-order valence-corrected chi connectivity index (χ1v) is 6.66. The van der Waals surface area contributed by atoms with Gasteiger partial charge in [-0.15, -0.1) is 0 Å². The molecule has 1 aliphatic rings. The maximum absolute atomic E-state index is 11.9. The Balaban J connectivity index is 2.28. The first-order valence-electron chi connectivity index (χ1n) is 6.66. The molecular formula is C13H27N3O. The molecule has 1 saturated heterocycles. The lowest BCUT2D eigenvalue weighted by atomic mass is 9.90. The fraction of sp³-hybridized carbons (Fsp3) is 0.923. The summed E-state index contributed by atoms with van der Waals surface area (Å²) >= 11 is 0. The minimum absolute atomic E-state index is 0.172. The molecule has 0 saturated carbocycles. The average Bonchev–Trinajstić information content (AvgIpc) is 2.19. The second-order valence-corrected chi connectivity index (χ2v) is 5.62. The summed E-state index contributed by atoms with van der Waals surface area (Å²) in [5.74, 6) is 0.782. The van der Waals surface area contributed by atoms with E-state index < -0.39 is 0 Å². The van der Waals surface area contributed by atoms with Crippen molar-refractivity contribution in [2.75, 3.05) is 27.2 Å². The van der Waals surface area contributed by atoms with E-state index in [0.717, 1.165) is 13.1 Å². The van der Waals surface area contributed by atoms with Crippen molar-refractivity contribution in [1.82, 2.24) is 15.5 Å². The van der Waals surface area contributed by atoms with E-state index in [0.29, 0.717) is 18.4 Å². The van der Waals surface area contributed by atoms with E-state index in [1.54, 1.807) is 0 Å². The molecular weight excluding hydrogens is 214 g/mol. The minimum atomic E-state index is 0.172. The number of hydrogen-bond acceptors (Lipinski definition) is 3. The number of piperidine rings is 1. The van der Waals surface area contributed by atoms with Gasteiger partial charge in [0.1, 0.15) is 0 Å². The number of carbonyl (C=O) groups excluding carboxylic acids is 1. The van der Waals surface area contributed by atoms with Crippen LogP contribution in [-0.2, 0) is 4.79 Å².